The molecule has 2 N–H and O–H groups in total. The third kappa shape index (κ3) is 5.73. The van der Waals surface area contributed by atoms with Crippen LogP contribution in [0.4, 0.5) is 18.9 Å². The van der Waals surface area contributed by atoms with Crippen LogP contribution < -0.4 is 15.4 Å². The van der Waals surface area contributed by atoms with E-state index in [1.165, 1.54) is 36.4 Å². The van der Waals surface area contributed by atoms with E-state index >= 15 is 0 Å². The second-order valence-corrected chi connectivity index (χ2v) is 9.81. The van der Waals surface area contributed by atoms with Crippen molar-refractivity contribution >= 4 is 38.9 Å². The van der Waals surface area contributed by atoms with Crippen molar-refractivity contribution in [2.24, 2.45) is 5.73 Å². The van der Waals surface area contributed by atoms with Gasteiger partial charge in [-0.15, -0.1) is 11.3 Å². The minimum Gasteiger partial charge on any atom is -0.457 e. The van der Waals surface area contributed by atoms with Crippen LogP contribution in [0.25, 0.3) is 10.2 Å². The molecule has 1 aromatic heterocycles. The van der Waals surface area contributed by atoms with Gasteiger partial charge in [-0.3, -0.25) is 14.5 Å². The summed E-state index contributed by atoms with van der Waals surface area (Å²) in [5.74, 6) is -2.06. The number of aromatic nitrogens is 1. The molecule has 0 aliphatic heterocycles. The molecule has 1 unspecified atom stereocenters. The van der Waals surface area contributed by atoms with Crippen molar-refractivity contribution in [2.75, 3.05) is 4.90 Å². The van der Waals surface area contributed by atoms with Gasteiger partial charge in [-0.05, 0) is 59.7 Å². The van der Waals surface area contributed by atoms with E-state index in [0.717, 1.165) is 11.3 Å². The zero-order valence-electron chi connectivity index (χ0n) is 20.8. The number of nitrogens with zero attached hydrogens (tertiary/aromatic N) is 2. The Labute approximate surface area is 231 Å². The van der Waals surface area contributed by atoms with Gasteiger partial charge < -0.3 is 10.5 Å². The van der Waals surface area contributed by atoms with Gasteiger partial charge in [-0.1, -0.05) is 54.6 Å². The third-order valence-corrected chi connectivity index (χ3v) is 7.15. The first-order valence-electron chi connectivity index (χ1n) is 12.2. The molecular weight excluding hydrogens is 539 g/mol. The average Bonchev–Trinajstić information content (AvgIpc) is 3.41. The van der Waals surface area contributed by atoms with E-state index < -0.39 is 23.9 Å². The van der Waals surface area contributed by atoms with Crippen molar-refractivity contribution in [3.63, 3.8) is 0 Å². The first-order valence-corrected chi connectivity index (χ1v) is 13.0. The van der Waals surface area contributed by atoms with Crippen LogP contribution in [0.1, 0.15) is 27.0 Å². The van der Waals surface area contributed by atoms with Crippen molar-refractivity contribution in [3.05, 3.63) is 119 Å². The topological polar surface area (TPSA) is 85.5 Å². The molecule has 0 bridgehead atoms. The van der Waals surface area contributed by atoms with Gasteiger partial charge >= 0.3 is 12.1 Å². The summed E-state index contributed by atoms with van der Waals surface area (Å²) in [6, 6.07) is 25.9. The van der Waals surface area contributed by atoms with Crippen LogP contribution in [0.3, 0.4) is 0 Å². The minimum absolute atomic E-state index is 0.0156. The second-order valence-electron chi connectivity index (χ2n) is 8.78. The number of rotatable bonds is 8. The number of hydrogen-bond acceptors (Lipinski definition) is 6. The number of amides is 1. The first kappa shape index (κ1) is 27.0. The summed E-state index contributed by atoms with van der Waals surface area (Å²) in [5.41, 5.74) is 6.99. The number of fused-ring (bicyclic) bond motifs is 1. The van der Waals surface area contributed by atoms with Gasteiger partial charge in [0.25, 0.3) is 0 Å². The number of hydrogen-bond donors (Lipinski definition) is 1. The Balaban J connectivity index is 1.61. The molecule has 0 radical (unpaired) electrons. The molecule has 5 aromatic rings. The lowest BCUT2D eigenvalue weighted by Crippen LogP contribution is -2.46. The normalized spacial score (nSPS) is 12.2. The van der Waals surface area contributed by atoms with Gasteiger partial charge in [0.05, 0.1) is 10.2 Å². The van der Waals surface area contributed by atoms with Crippen LogP contribution in [-0.2, 0) is 11.3 Å². The zero-order chi connectivity index (χ0) is 28.3. The van der Waals surface area contributed by atoms with Gasteiger partial charge in [0, 0.05) is 12.2 Å². The molecule has 202 valence electrons. The van der Waals surface area contributed by atoms with E-state index in [9.17, 15) is 22.8 Å². The van der Waals surface area contributed by atoms with Crippen LogP contribution in [0.2, 0.25) is 0 Å². The highest BCUT2D eigenvalue weighted by Crippen LogP contribution is 2.37. The molecule has 1 atom stereocenters. The number of alkyl halides is 3. The Morgan fingerprint density at radius 3 is 2.10 bits per heavy atom. The number of ether oxygens (including phenoxy) is 1. The SMILES string of the molecule is NCc1ccc(C(C(=O)c2nc3ccccc3s2)N(C(=O)C(F)(F)F)c2ccc(Oc3ccccc3)cc2)cc1. The molecule has 0 fully saturated rings. The Bertz CT molecular complexity index is 1600. The Hall–Kier alpha value is -4.54. The summed E-state index contributed by atoms with van der Waals surface area (Å²) in [6.07, 6.45) is -5.26. The minimum atomic E-state index is -5.26. The number of halogens is 3. The van der Waals surface area contributed by atoms with Crippen molar-refractivity contribution in [1.82, 2.24) is 4.98 Å². The number of ketones is 1. The van der Waals surface area contributed by atoms with E-state index in [0.29, 0.717) is 32.2 Å². The molecule has 5 rings (SSSR count). The zero-order valence-corrected chi connectivity index (χ0v) is 21.7. The van der Waals surface area contributed by atoms with Crippen molar-refractivity contribution in [1.29, 1.82) is 0 Å². The Morgan fingerprint density at radius 2 is 1.48 bits per heavy atom. The fraction of sp³-hybridized carbons (Fsp3) is 0.100. The molecular formula is C30H22F3N3O3S. The summed E-state index contributed by atoms with van der Waals surface area (Å²) < 4.78 is 48.5. The summed E-state index contributed by atoms with van der Waals surface area (Å²) in [7, 11) is 0. The summed E-state index contributed by atoms with van der Waals surface area (Å²) in [6.45, 7) is 0.199. The van der Waals surface area contributed by atoms with Crippen LogP contribution in [-0.4, -0.2) is 22.9 Å². The molecule has 40 heavy (non-hydrogen) atoms. The van der Waals surface area contributed by atoms with Gasteiger partial charge in [-0.2, -0.15) is 13.2 Å². The number of nitrogens with two attached hydrogens (primary N) is 1. The maximum Gasteiger partial charge on any atom is 0.471 e. The quantitative estimate of drug-likeness (QED) is 0.205. The van der Waals surface area contributed by atoms with Crippen LogP contribution in [0.5, 0.6) is 11.5 Å². The number of thiazole rings is 1. The maximum atomic E-state index is 14.0. The van der Waals surface area contributed by atoms with Gasteiger partial charge in [0.15, 0.2) is 5.01 Å². The number of benzene rings is 4. The highest BCUT2D eigenvalue weighted by molar-refractivity contribution is 7.20. The number of anilines is 1. The summed E-state index contributed by atoms with van der Waals surface area (Å²) >= 11 is 1.05. The van der Waals surface area contributed by atoms with E-state index in [1.807, 2.05) is 6.07 Å². The molecule has 10 heteroatoms. The molecule has 1 amide bonds. The van der Waals surface area contributed by atoms with Crippen molar-refractivity contribution in [2.45, 2.75) is 18.8 Å². The number of carbonyl (C=O) groups is 2. The van der Waals surface area contributed by atoms with Crippen LogP contribution in [0.15, 0.2) is 103 Å². The first-order chi connectivity index (χ1) is 19.2. The molecule has 0 aliphatic rings. The highest BCUT2D eigenvalue weighted by atomic mass is 32.1. The lowest BCUT2D eigenvalue weighted by Gasteiger charge is -2.31. The van der Waals surface area contributed by atoms with Crippen molar-refractivity contribution < 1.29 is 27.5 Å². The molecule has 0 saturated carbocycles. The fourth-order valence-corrected chi connectivity index (χ4v) is 5.10. The lowest BCUT2D eigenvalue weighted by atomic mass is 9.98. The van der Waals surface area contributed by atoms with E-state index in [2.05, 4.69) is 4.98 Å². The molecule has 0 aliphatic carbocycles. The van der Waals surface area contributed by atoms with Gasteiger partial charge in [-0.25, -0.2) is 4.98 Å². The number of Topliss-reactive ketones (excluding diaryl/α,β-unsaturated/α-hetero) is 1. The average molecular weight is 562 g/mol. The van der Waals surface area contributed by atoms with Crippen LogP contribution in [0, 0.1) is 0 Å². The molecule has 4 aromatic carbocycles. The van der Waals surface area contributed by atoms with E-state index in [-0.39, 0.29) is 22.8 Å². The molecule has 0 saturated heterocycles. The fourth-order valence-electron chi connectivity index (χ4n) is 4.17. The summed E-state index contributed by atoms with van der Waals surface area (Å²) in [4.78, 5) is 31.8. The van der Waals surface area contributed by atoms with Crippen molar-refractivity contribution in [3.8, 4) is 11.5 Å². The maximum absolute atomic E-state index is 14.0. The van der Waals surface area contributed by atoms with Gasteiger partial charge in [0.1, 0.15) is 17.5 Å². The van der Waals surface area contributed by atoms with E-state index in [4.69, 9.17) is 10.5 Å². The molecule has 1 heterocycles. The number of carbonyl (C=O) groups excluding carboxylic acids is 2. The Morgan fingerprint density at radius 1 is 0.850 bits per heavy atom. The lowest BCUT2D eigenvalue weighted by molar-refractivity contribution is -0.170. The molecule has 6 nitrogen and oxygen atoms in total. The van der Waals surface area contributed by atoms with Crippen LogP contribution >= 0.6 is 11.3 Å². The highest BCUT2D eigenvalue weighted by Gasteiger charge is 2.48. The van der Waals surface area contributed by atoms with Gasteiger partial charge in [0.2, 0.25) is 5.78 Å². The standard InChI is InChI=1S/C30H22F3N3O3S/c31-30(32,33)29(38)36(21-14-16-23(17-15-21)39-22-6-2-1-3-7-22)26(20-12-10-19(18-34)11-13-20)27(37)28-35-24-8-4-5-9-25(24)40-28/h1-17,26H,18,34H2. The predicted octanol–water partition coefficient (Wildman–Crippen LogP) is 7.07. The third-order valence-electron chi connectivity index (χ3n) is 6.10. The second kappa shape index (κ2) is 11.3. The molecule has 0 spiro atoms. The monoisotopic (exact) mass is 561 g/mol. The Kier molecular flexibility index (Phi) is 7.63. The largest absolute Gasteiger partial charge is 0.471 e. The van der Waals surface area contributed by atoms with E-state index in [1.54, 1.807) is 60.7 Å². The number of para-hydroxylation sites is 2. The predicted molar refractivity (Wildman–Crippen MR) is 148 cm³/mol. The smallest absolute Gasteiger partial charge is 0.457 e. The summed E-state index contributed by atoms with van der Waals surface area (Å²) in [5, 5.41) is -0.0156.